The smallest absolute Gasteiger partial charge is 0.338 e. The van der Waals surface area contributed by atoms with Crippen molar-refractivity contribution < 1.29 is 9.53 Å². The first-order valence-corrected chi connectivity index (χ1v) is 10.7. The van der Waals surface area contributed by atoms with E-state index in [1.54, 1.807) is 0 Å². The van der Waals surface area contributed by atoms with E-state index >= 15 is 0 Å². The monoisotopic (exact) mass is 278 g/mol. The molecule has 0 fully saturated rings. The Labute approximate surface area is 118 Å². The first-order valence-electron chi connectivity index (χ1n) is 7.02. The molecule has 0 atom stereocenters. The average molecular weight is 278 g/mol. The summed E-state index contributed by atoms with van der Waals surface area (Å²) in [6.07, 6.45) is 0.862. The van der Waals surface area contributed by atoms with Crippen LogP contribution in [0.4, 0.5) is 0 Å². The van der Waals surface area contributed by atoms with E-state index in [0.29, 0.717) is 6.61 Å². The first-order chi connectivity index (χ1) is 8.74. The summed E-state index contributed by atoms with van der Waals surface area (Å²) in [6, 6.07) is 5.15. The zero-order chi connectivity index (χ0) is 14.6. The van der Waals surface area contributed by atoms with E-state index in [1.807, 2.05) is 13.0 Å². The van der Waals surface area contributed by atoms with Crippen molar-refractivity contribution in [1.29, 1.82) is 0 Å². The van der Waals surface area contributed by atoms with Crippen LogP contribution in [-0.4, -0.2) is 20.7 Å². The van der Waals surface area contributed by atoms with Gasteiger partial charge in [0.25, 0.3) is 0 Å². The summed E-state index contributed by atoms with van der Waals surface area (Å²) < 4.78 is 5.46. The Morgan fingerprint density at radius 2 is 1.84 bits per heavy atom. The Kier molecular flexibility index (Phi) is 5.35. The third-order valence-corrected chi connectivity index (χ3v) is 4.94. The lowest BCUT2D eigenvalue weighted by Crippen LogP contribution is -2.23. The van der Waals surface area contributed by atoms with Gasteiger partial charge in [-0.05, 0) is 37.4 Å². The van der Waals surface area contributed by atoms with Gasteiger partial charge in [0.2, 0.25) is 0 Å². The van der Waals surface area contributed by atoms with Crippen LogP contribution in [0.5, 0.6) is 0 Å². The molecule has 2 nitrogen and oxygen atoms in total. The second-order valence-electron chi connectivity index (χ2n) is 6.42. The molecule has 0 bridgehead atoms. The van der Waals surface area contributed by atoms with Gasteiger partial charge in [-0.15, -0.1) is 0 Å². The molecule has 0 saturated carbocycles. The Morgan fingerprint density at radius 3 is 2.37 bits per heavy atom. The number of hydrogen-bond acceptors (Lipinski definition) is 2. The van der Waals surface area contributed by atoms with Gasteiger partial charge in [-0.2, -0.15) is 0 Å². The maximum Gasteiger partial charge on any atom is 0.338 e. The number of carbonyl (C=O) groups is 1. The largest absolute Gasteiger partial charge is 0.462 e. The molecule has 1 aromatic carbocycles. The topological polar surface area (TPSA) is 26.3 Å². The van der Waals surface area contributed by atoms with Gasteiger partial charge < -0.3 is 4.74 Å². The van der Waals surface area contributed by atoms with Crippen LogP contribution in [0.15, 0.2) is 12.1 Å². The molecule has 1 aromatic rings. The van der Waals surface area contributed by atoms with Crippen LogP contribution in [0.3, 0.4) is 0 Å². The molecule has 0 saturated heterocycles. The van der Waals surface area contributed by atoms with Crippen LogP contribution >= 0.6 is 0 Å². The molecular formula is C16H26O2Si. The number of carbonyl (C=O) groups excluding carboxylic acids is 1. The highest BCUT2D eigenvalue weighted by atomic mass is 28.3. The van der Waals surface area contributed by atoms with E-state index in [0.717, 1.165) is 29.2 Å². The van der Waals surface area contributed by atoms with Crippen molar-refractivity contribution in [3.63, 3.8) is 0 Å². The van der Waals surface area contributed by atoms with Crippen molar-refractivity contribution in [1.82, 2.24) is 0 Å². The predicted octanol–water partition coefficient (Wildman–Crippen LogP) is 4.36. The fourth-order valence-electron chi connectivity index (χ4n) is 2.15. The highest BCUT2D eigenvalue weighted by Crippen LogP contribution is 2.19. The zero-order valence-corrected chi connectivity index (χ0v) is 14.1. The van der Waals surface area contributed by atoms with Gasteiger partial charge in [0, 0.05) is 8.07 Å². The van der Waals surface area contributed by atoms with E-state index in [4.69, 9.17) is 4.74 Å². The fraction of sp³-hybridized carbons (Fsp3) is 0.562. The average Bonchev–Trinajstić information content (AvgIpc) is 2.25. The number of benzene rings is 1. The standard InChI is InChI=1S/C16H26O2Si/c1-7-14-11-12(2)10-13(3)15(14)16(17)18-8-9-19(4,5)6/h10-11H,7-9H2,1-6H3. The summed E-state index contributed by atoms with van der Waals surface area (Å²) in [6.45, 7) is 13.5. The molecule has 3 heteroatoms. The maximum atomic E-state index is 12.2. The molecule has 1 rings (SSSR count). The van der Waals surface area contributed by atoms with E-state index < -0.39 is 8.07 Å². The third kappa shape index (κ3) is 4.82. The molecular weight excluding hydrogens is 252 g/mol. The van der Waals surface area contributed by atoms with Crippen LogP contribution in [0.25, 0.3) is 0 Å². The SMILES string of the molecule is CCc1cc(C)cc(C)c1C(=O)OCC[Si](C)(C)C. The Morgan fingerprint density at radius 1 is 1.21 bits per heavy atom. The summed E-state index contributed by atoms with van der Waals surface area (Å²) in [5.74, 6) is -0.160. The van der Waals surface area contributed by atoms with Crippen LogP contribution in [0.2, 0.25) is 25.7 Å². The van der Waals surface area contributed by atoms with Crippen molar-refractivity contribution in [3.8, 4) is 0 Å². The minimum Gasteiger partial charge on any atom is -0.462 e. The lowest BCUT2D eigenvalue weighted by atomic mass is 9.97. The number of hydrogen-bond donors (Lipinski definition) is 0. The lowest BCUT2D eigenvalue weighted by molar-refractivity contribution is 0.0523. The Balaban J connectivity index is 2.82. The summed E-state index contributed by atoms with van der Waals surface area (Å²) in [7, 11) is -1.15. The maximum absolute atomic E-state index is 12.2. The van der Waals surface area contributed by atoms with Crippen molar-refractivity contribution >= 4 is 14.0 Å². The molecule has 0 aromatic heterocycles. The highest BCUT2D eigenvalue weighted by molar-refractivity contribution is 6.76. The molecule has 19 heavy (non-hydrogen) atoms. The number of esters is 1. The molecule has 0 aliphatic heterocycles. The van der Waals surface area contributed by atoms with E-state index in [-0.39, 0.29) is 5.97 Å². The quantitative estimate of drug-likeness (QED) is 0.591. The summed E-state index contributed by atoms with van der Waals surface area (Å²) >= 11 is 0. The number of aryl methyl sites for hydroxylation is 3. The predicted molar refractivity (Wildman–Crippen MR) is 83.7 cm³/mol. The second-order valence-corrected chi connectivity index (χ2v) is 12.0. The van der Waals surface area contributed by atoms with Gasteiger partial charge in [-0.25, -0.2) is 4.79 Å². The van der Waals surface area contributed by atoms with Crippen LogP contribution in [0, 0.1) is 13.8 Å². The molecule has 0 spiro atoms. The van der Waals surface area contributed by atoms with Crippen molar-refractivity contribution in [2.75, 3.05) is 6.61 Å². The third-order valence-electron chi connectivity index (χ3n) is 3.23. The molecule has 0 N–H and O–H groups in total. The molecule has 0 aliphatic rings. The first kappa shape index (κ1) is 16.0. The normalized spacial score (nSPS) is 11.5. The van der Waals surface area contributed by atoms with E-state index in [1.165, 1.54) is 5.56 Å². The van der Waals surface area contributed by atoms with Crippen LogP contribution in [-0.2, 0) is 11.2 Å². The van der Waals surface area contributed by atoms with Gasteiger partial charge in [-0.3, -0.25) is 0 Å². The minimum absolute atomic E-state index is 0.160. The number of rotatable bonds is 5. The highest BCUT2D eigenvalue weighted by Gasteiger charge is 2.18. The fourth-order valence-corrected chi connectivity index (χ4v) is 2.86. The number of ether oxygens (including phenoxy) is 1. The van der Waals surface area contributed by atoms with Crippen molar-refractivity contribution in [3.05, 3.63) is 34.4 Å². The van der Waals surface area contributed by atoms with Gasteiger partial charge >= 0.3 is 5.97 Å². The van der Waals surface area contributed by atoms with E-state index in [9.17, 15) is 4.79 Å². The van der Waals surface area contributed by atoms with Crippen molar-refractivity contribution in [2.45, 2.75) is 52.9 Å². The van der Waals surface area contributed by atoms with Gasteiger partial charge in [0.05, 0.1) is 12.2 Å². The lowest BCUT2D eigenvalue weighted by Gasteiger charge is -2.17. The Hall–Kier alpha value is -1.09. The van der Waals surface area contributed by atoms with Gasteiger partial charge in [0.15, 0.2) is 0 Å². The second kappa shape index (κ2) is 6.37. The molecule has 0 aliphatic carbocycles. The molecule has 0 heterocycles. The van der Waals surface area contributed by atoms with E-state index in [2.05, 4.69) is 39.6 Å². The summed E-state index contributed by atoms with van der Waals surface area (Å²) in [5.41, 5.74) is 4.09. The minimum atomic E-state index is -1.15. The molecule has 106 valence electrons. The summed E-state index contributed by atoms with van der Waals surface area (Å²) in [4.78, 5) is 12.2. The van der Waals surface area contributed by atoms with Crippen LogP contribution in [0.1, 0.15) is 34.0 Å². The summed E-state index contributed by atoms with van der Waals surface area (Å²) in [5, 5.41) is 0. The Bertz CT molecular complexity index is 459. The van der Waals surface area contributed by atoms with Gasteiger partial charge in [-0.1, -0.05) is 44.3 Å². The molecule has 0 unspecified atom stereocenters. The molecule has 0 radical (unpaired) electrons. The molecule has 0 amide bonds. The zero-order valence-electron chi connectivity index (χ0n) is 13.1. The van der Waals surface area contributed by atoms with Gasteiger partial charge in [0.1, 0.15) is 0 Å². The van der Waals surface area contributed by atoms with Crippen molar-refractivity contribution in [2.24, 2.45) is 0 Å². The van der Waals surface area contributed by atoms with Crippen LogP contribution < -0.4 is 0 Å².